The third kappa shape index (κ3) is 3.83. The van der Waals surface area contributed by atoms with Crippen LogP contribution in [0.5, 0.6) is 5.88 Å². The second-order valence-corrected chi connectivity index (χ2v) is 8.48. The summed E-state index contributed by atoms with van der Waals surface area (Å²) in [6, 6.07) is 14.5. The van der Waals surface area contributed by atoms with Crippen LogP contribution in [0.2, 0.25) is 0 Å². The number of anilines is 1. The summed E-state index contributed by atoms with van der Waals surface area (Å²) in [6.07, 6.45) is 0. The Hall–Kier alpha value is -2.38. The maximum Gasteiger partial charge on any atom is 0.279 e. The van der Waals surface area contributed by atoms with Crippen molar-refractivity contribution >= 4 is 27.0 Å². The summed E-state index contributed by atoms with van der Waals surface area (Å²) in [7, 11) is -2.35. The van der Waals surface area contributed by atoms with Crippen molar-refractivity contribution in [2.45, 2.75) is 18.9 Å². The number of methoxy groups -OCH3 is 1. The van der Waals surface area contributed by atoms with Crippen molar-refractivity contribution in [2.24, 2.45) is 0 Å². The lowest BCUT2D eigenvalue weighted by molar-refractivity contribution is 0.394. The fraction of sp³-hybridized carbons (Fsp3) is 0.167. The molecule has 0 aliphatic carbocycles. The van der Waals surface area contributed by atoms with E-state index in [-0.39, 0.29) is 10.9 Å². The van der Waals surface area contributed by atoms with Crippen molar-refractivity contribution in [2.75, 3.05) is 11.8 Å². The van der Waals surface area contributed by atoms with Gasteiger partial charge in [-0.3, -0.25) is 4.72 Å². The largest absolute Gasteiger partial charge is 0.481 e. The highest BCUT2D eigenvalue weighted by molar-refractivity contribution is 7.92. The van der Waals surface area contributed by atoms with Gasteiger partial charge >= 0.3 is 0 Å². The predicted octanol–water partition coefficient (Wildman–Crippen LogP) is 4.24. The highest BCUT2D eigenvalue weighted by Crippen LogP contribution is 2.31. The standard InChI is InChI=1S/C18H18N2O3S2/c1-12-7-9-14(16-10-8-13(2)24-16)11-15(12)20-25(21,22)18-6-4-5-17(19-18)23-3/h4-11,20H,1-3H3. The zero-order valence-corrected chi connectivity index (χ0v) is 15.7. The predicted molar refractivity (Wildman–Crippen MR) is 101 cm³/mol. The van der Waals surface area contributed by atoms with Gasteiger partial charge in [-0.1, -0.05) is 18.2 Å². The molecule has 0 atom stereocenters. The smallest absolute Gasteiger partial charge is 0.279 e. The van der Waals surface area contributed by atoms with E-state index in [2.05, 4.69) is 9.71 Å². The van der Waals surface area contributed by atoms with Crippen LogP contribution in [0.15, 0.2) is 53.6 Å². The van der Waals surface area contributed by atoms with Crippen LogP contribution in [0.4, 0.5) is 5.69 Å². The minimum atomic E-state index is -3.80. The summed E-state index contributed by atoms with van der Waals surface area (Å²) in [5.41, 5.74) is 2.34. The Bertz CT molecular complexity index is 1010. The second-order valence-electron chi connectivity index (χ2n) is 5.56. The van der Waals surface area contributed by atoms with Crippen LogP contribution in [0.25, 0.3) is 10.4 Å². The van der Waals surface area contributed by atoms with E-state index in [9.17, 15) is 8.42 Å². The van der Waals surface area contributed by atoms with Crippen molar-refractivity contribution in [1.82, 2.24) is 4.98 Å². The van der Waals surface area contributed by atoms with Gasteiger partial charge in [-0.2, -0.15) is 13.4 Å². The Morgan fingerprint density at radius 3 is 2.56 bits per heavy atom. The van der Waals surface area contributed by atoms with Gasteiger partial charge in [0.2, 0.25) is 5.88 Å². The summed E-state index contributed by atoms with van der Waals surface area (Å²) in [4.78, 5) is 6.30. The first-order valence-corrected chi connectivity index (χ1v) is 9.90. The molecule has 2 aromatic heterocycles. The van der Waals surface area contributed by atoms with Gasteiger partial charge in [-0.25, -0.2) is 0 Å². The molecule has 2 heterocycles. The van der Waals surface area contributed by atoms with Gasteiger partial charge in [0.15, 0.2) is 5.03 Å². The lowest BCUT2D eigenvalue weighted by Gasteiger charge is -2.12. The van der Waals surface area contributed by atoms with Crippen LogP contribution in [0.3, 0.4) is 0 Å². The maximum absolute atomic E-state index is 12.6. The molecule has 0 spiro atoms. The molecule has 0 saturated carbocycles. The topological polar surface area (TPSA) is 68.3 Å². The molecule has 0 fully saturated rings. The molecule has 1 N–H and O–H groups in total. The summed E-state index contributed by atoms with van der Waals surface area (Å²) >= 11 is 1.67. The number of nitrogens with one attached hydrogen (secondary N) is 1. The Labute approximate surface area is 151 Å². The number of sulfonamides is 1. The van der Waals surface area contributed by atoms with E-state index in [1.54, 1.807) is 23.5 Å². The van der Waals surface area contributed by atoms with Gasteiger partial charge in [-0.05, 0) is 49.2 Å². The molecule has 0 bridgehead atoms. The van der Waals surface area contributed by atoms with E-state index < -0.39 is 10.0 Å². The minimum Gasteiger partial charge on any atom is -0.481 e. The highest BCUT2D eigenvalue weighted by Gasteiger charge is 2.18. The number of aryl methyl sites for hydroxylation is 2. The Morgan fingerprint density at radius 2 is 1.88 bits per heavy atom. The molecule has 0 radical (unpaired) electrons. The van der Waals surface area contributed by atoms with E-state index in [4.69, 9.17) is 4.74 Å². The van der Waals surface area contributed by atoms with E-state index in [0.717, 1.165) is 16.0 Å². The zero-order chi connectivity index (χ0) is 18.0. The monoisotopic (exact) mass is 374 g/mol. The molecule has 1 aromatic carbocycles. The quantitative estimate of drug-likeness (QED) is 0.725. The number of aromatic nitrogens is 1. The van der Waals surface area contributed by atoms with Crippen molar-refractivity contribution in [3.8, 4) is 16.3 Å². The first-order valence-electron chi connectivity index (χ1n) is 7.60. The molecule has 0 saturated heterocycles. The van der Waals surface area contributed by atoms with Gasteiger partial charge in [-0.15, -0.1) is 11.3 Å². The second kappa shape index (κ2) is 6.85. The lowest BCUT2D eigenvalue weighted by atomic mass is 10.1. The van der Waals surface area contributed by atoms with E-state index in [1.807, 2.05) is 44.2 Å². The molecule has 0 aliphatic rings. The summed E-state index contributed by atoms with van der Waals surface area (Å²) in [6.45, 7) is 3.90. The molecule has 0 aliphatic heterocycles. The van der Waals surface area contributed by atoms with Gasteiger partial charge in [0.05, 0.1) is 12.8 Å². The summed E-state index contributed by atoms with van der Waals surface area (Å²) in [5.74, 6) is 0.252. The molecule has 0 unspecified atom stereocenters. The molecule has 3 aromatic rings. The molecule has 7 heteroatoms. The summed E-state index contributed by atoms with van der Waals surface area (Å²) in [5, 5.41) is -0.0800. The third-order valence-corrected chi connectivity index (χ3v) is 6.01. The van der Waals surface area contributed by atoms with Crippen molar-refractivity contribution < 1.29 is 13.2 Å². The van der Waals surface area contributed by atoms with E-state index in [1.165, 1.54) is 18.1 Å². The summed E-state index contributed by atoms with van der Waals surface area (Å²) < 4.78 is 32.9. The Kier molecular flexibility index (Phi) is 4.78. The molecular weight excluding hydrogens is 356 g/mol. The molecule has 3 rings (SSSR count). The number of benzene rings is 1. The average Bonchev–Trinajstić information content (AvgIpc) is 3.03. The number of ether oxygens (including phenoxy) is 1. The van der Waals surface area contributed by atoms with Crippen LogP contribution in [-0.4, -0.2) is 20.5 Å². The van der Waals surface area contributed by atoms with Gasteiger partial charge < -0.3 is 4.74 Å². The van der Waals surface area contributed by atoms with Crippen molar-refractivity contribution in [3.63, 3.8) is 0 Å². The highest BCUT2D eigenvalue weighted by atomic mass is 32.2. The normalized spacial score (nSPS) is 11.3. The van der Waals surface area contributed by atoms with Crippen molar-refractivity contribution in [1.29, 1.82) is 0 Å². The van der Waals surface area contributed by atoms with Gasteiger partial charge in [0, 0.05) is 15.8 Å². The van der Waals surface area contributed by atoms with Gasteiger partial charge in [0.25, 0.3) is 10.0 Å². The van der Waals surface area contributed by atoms with Crippen molar-refractivity contribution in [3.05, 3.63) is 59.0 Å². The molecule has 25 heavy (non-hydrogen) atoms. The van der Waals surface area contributed by atoms with Crippen LogP contribution in [0, 0.1) is 13.8 Å². The molecular formula is C18H18N2O3S2. The molecule has 0 amide bonds. The first kappa shape index (κ1) is 17.4. The van der Waals surface area contributed by atoms with Crippen LogP contribution < -0.4 is 9.46 Å². The number of hydrogen-bond acceptors (Lipinski definition) is 5. The lowest BCUT2D eigenvalue weighted by Crippen LogP contribution is -2.15. The fourth-order valence-corrected chi connectivity index (χ4v) is 4.28. The first-order chi connectivity index (χ1) is 11.9. The van der Waals surface area contributed by atoms with Crippen LogP contribution >= 0.6 is 11.3 Å². The fourth-order valence-electron chi connectivity index (χ4n) is 2.33. The van der Waals surface area contributed by atoms with Crippen LogP contribution in [0.1, 0.15) is 10.4 Å². The Morgan fingerprint density at radius 1 is 1.08 bits per heavy atom. The number of thiophene rings is 1. The molecule has 5 nitrogen and oxygen atoms in total. The number of pyridine rings is 1. The minimum absolute atomic E-state index is 0.0800. The van der Waals surface area contributed by atoms with Crippen LogP contribution in [-0.2, 0) is 10.0 Å². The number of rotatable bonds is 5. The number of hydrogen-bond donors (Lipinski definition) is 1. The Balaban J connectivity index is 1.96. The number of nitrogens with zero attached hydrogens (tertiary/aromatic N) is 1. The van der Waals surface area contributed by atoms with E-state index in [0.29, 0.717) is 5.69 Å². The average molecular weight is 374 g/mol. The SMILES string of the molecule is COc1cccc(S(=O)(=O)Nc2cc(-c3ccc(C)s3)ccc2C)n1. The van der Waals surface area contributed by atoms with E-state index >= 15 is 0 Å². The molecule has 130 valence electrons. The third-order valence-electron chi connectivity index (χ3n) is 3.69. The zero-order valence-electron chi connectivity index (χ0n) is 14.1. The van der Waals surface area contributed by atoms with Gasteiger partial charge in [0.1, 0.15) is 0 Å². The maximum atomic E-state index is 12.6.